The van der Waals surface area contributed by atoms with Crippen molar-refractivity contribution in [3.8, 4) is 22.3 Å². The lowest BCUT2D eigenvalue weighted by Gasteiger charge is -2.02. The van der Waals surface area contributed by atoms with E-state index in [9.17, 15) is 0 Å². The smallest absolute Gasteiger partial charge is 0.0857 e. The third-order valence-corrected chi connectivity index (χ3v) is 4.04. The molecule has 4 rings (SSSR count). The zero-order valence-corrected chi connectivity index (χ0v) is 14.0. The van der Waals surface area contributed by atoms with Crippen molar-refractivity contribution in [2.75, 3.05) is 0 Å². The van der Waals surface area contributed by atoms with Gasteiger partial charge in [-0.3, -0.25) is 9.97 Å². The molecule has 0 amide bonds. The van der Waals surface area contributed by atoms with Crippen LogP contribution in [0.4, 0.5) is 11.4 Å². The lowest BCUT2D eigenvalue weighted by atomic mass is 10.1. The van der Waals surface area contributed by atoms with Gasteiger partial charge in [0.15, 0.2) is 0 Å². The van der Waals surface area contributed by atoms with Gasteiger partial charge in [-0.15, -0.1) is 0 Å². The molecule has 2 heterocycles. The van der Waals surface area contributed by atoms with E-state index in [4.69, 9.17) is 0 Å². The van der Waals surface area contributed by atoms with Gasteiger partial charge in [-0.1, -0.05) is 24.3 Å². The second-order valence-electron chi connectivity index (χ2n) is 5.77. The van der Waals surface area contributed by atoms with Crippen LogP contribution in [-0.4, -0.2) is 9.97 Å². The first kappa shape index (κ1) is 15.8. The Kier molecular flexibility index (Phi) is 4.56. The summed E-state index contributed by atoms with van der Waals surface area (Å²) in [6, 6.07) is 24.0. The van der Waals surface area contributed by atoms with E-state index in [0.29, 0.717) is 0 Å². The maximum Gasteiger partial charge on any atom is 0.0857 e. The highest BCUT2D eigenvalue weighted by molar-refractivity contribution is 5.65. The maximum atomic E-state index is 4.32. The van der Waals surface area contributed by atoms with Crippen molar-refractivity contribution in [2.45, 2.75) is 0 Å². The van der Waals surface area contributed by atoms with Crippen LogP contribution < -0.4 is 0 Å². The van der Waals surface area contributed by atoms with Gasteiger partial charge in [-0.25, -0.2) is 0 Å². The molecule has 2 aromatic heterocycles. The number of rotatable bonds is 4. The quantitative estimate of drug-likeness (QED) is 0.415. The molecule has 2 aromatic carbocycles. The molecule has 4 nitrogen and oxygen atoms in total. The molecular formula is C22H16N4. The maximum absolute atomic E-state index is 4.32. The zero-order chi connectivity index (χ0) is 17.6. The van der Waals surface area contributed by atoms with Gasteiger partial charge < -0.3 is 0 Å². The molecule has 0 bridgehead atoms. The molecule has 4 heteroatoms. The van der Waals surface area contributed by atoms with Gasteiger partial charge in [-0.2, -0.15) is 10.2 Å². The highest BCUT2D eigenvalue weighted by Gasteiger charge is 1.99. The van der Waals surface area contributed by atoms with Crippen LogP contribution in [0.2, 0.25) is 0 Å². The SMILES string of the molecule is c1cc(-c2ccc(N=Nc3ccc(-c4ccncc4)cc3)cc2)ccn1. The van der Waals surface area contributed by atoms with Crippen molar-refractivity contribution in [1.29, 1.82) is 0 Å². The molecule has 26 heavy (non-hydrogen) atoms. The van der Waals surface area contributed by atoms with Gasteiger partial charge in [0.25, 0.3) is 0 Å². The normalized spacial score (nSPS) is 10.9. The number of benzene rings is 2. The van der Waals surface area contributed by atoms with E-state index in [1.54, 1.807) is 24.8 Å². The molecule has 0 atom stereocenters. The topological polar surface area (TPSA) is 50.5 Å². The third-order valence-electron chi connectivity index (χ3n) is 4.04. The fraction of sp³-hybridized carbons (Fsp3) is 0. The number of aromatic nitrogens is 2. The third kappa shape index (κ3) is 3.70. The Morgan fingerprint density at radius 1 is 0.385 bits per heavy atom. The fourth-order valence-electron chi connectivity index (χ4n) is 2.65. The van der Waals surface area contributed by atoms with Gasteiger partial charge in [0, 0.05) is 24.8 Å². The molecule has 0 saturated carbocycles. The van der Waals surface area contributed by atoms with Gasteiger partial charge in [0.1, 0.15) is 0 Å². The molecule has 0 N–H and O–H groups in total. The molecular weight excluding hydrogens is 320 g/mol. The van der Waals surface area contributed by atoms with Crippen molar-refractivity contribution in [2.24, 2.45) is 10.2 Å². The summed E-state index contributed by atoms with van der Waals surface area (Å²) in [5.41, 5.74) is 6.17. The van der Waals surface area contributed by atoms with Crippen LogP contribution in [0.5, 0.6) is 0 Å². The van der Waals surface area contributed by atoms with Crippen molar-refractivity contribution in [3.63, 3.8) is 0 Å². The lowest BCUT2D eigenvalue weighted by molar-refractivity contribution is 1.23. The summed E-state index contributed by atoms with van der Waals surface area (Å²) in [5, 5.41) is 8.63. The Hall–Kier alpha value is -3.66. The first-order chi connectivity index (χ1) is 12.9. The second-order valence-corrected chi connectivity index (χ2v) is 5.77. The Balaban J connectivity index is 1.48. The number of nitrogens with zero attached hydrogens (tertiary/aromatic N) is 4. The van der Waals surface area contributed by atoms with Gasteiger partial charge in [0.2, 0.25) is 0 Å². The zero-order valence-electron chi connectivity index (χ0n) is 14.0. The minimum absolute atomic E-state index is 0.820. The van der Waals surface area contributed by atoms with E-state index >= 15 is 0 Å². The van der Waals surface area contributed by atoms with E-state index < -0.39 is 0 Å². The summed E-state index contributed by atoms with van der Waals surface area (Å²) in [6.07, 6.45) is 7.16. The Bertz CT molecular complexity index is 908. The standard InChI is InChI=1S/C22H16N4/c1-5-21(6-2-17(1)19-9-13-23-14-10-19)25-26-22-7-3-18(4-8-22)20-11-15-24-16-12-20/h1-16H. The van der Waals surface area contributed by atoms with E-state index in [0.717, 1.165) is 33.6 Å². The number of pyridine rings is 2. The molecule has 0 radical (unpaired) electrons. The lowest BCUT2D eigenvalue weighted by Crippen LogP contribution is -1.77. The molecule has 0 unspecified atom stereocenters. The van der Waals surface area contributed by atoms with Gasteiger partial charge in [0.05, 0.1) is 11.4 Å². The molecule has 0 aliphatic carbocycles. The molecule has 0 aliphatic heterocycles. The van der Waals surface area contributed by atoms with Crippen LogP contribution in [0.1, 0.15) is 0 Å². The van der Waals surface area contributed by atoms with Crippen molar-refractivity contribution in [1.82, 2.24) is 9.97 Å². The van der Waals surface area contributed by atoms with E-state index in [2.05, 4.69) is 20.2 Å². The highest BCUT2D eigenvalue weighted by Crippen LogP contribution is 2.25. The monoisotopic (exact) mass is 336 g/mol. The Labute approximate surface area is 151 Å². The van der Waals surface area contributed by atoms with E-state index in [-0.39, 0.29) is 0 Å². The summed E-state index contributed by atoms with van der Waals surface area (Å²) in [5.74, 6) is 0. The first-order valence-corrected chi connectivity index (χ1v) is 8.31. The van der Waals surface area contributed by atoms with E-state index in [1.165, 1.54) is 0 Å². The number of hydrogen-bond acceptors (Lipinski definition) is 4. The largest absolute Gasteiger partial charge is 0.265 e. The molecule has 0 spiro atoms. The minimum atomic E-state index is 0.820. The van der Waals surface area contributed by atoms with Crippen molar-refractivity contribution in [3.05, 3.63) is 97.6 Å². The Morgan fingerprint density at radius 2 is 0.692 bits per heavy atom. The second kappa shape index (κ2) is 7.49. The first-order valence-electron chi connectivity index (χ1n) is 8.31. The van der Waals surface area contributed by atoms with Crippen molar-refractivity contribution >= 4 is 11.4 Å². The number of azo groups is 1. The van der Waals surface area contributed by atoms with Crippen LogP contribution in [0, 0.1) is 0 Å². The molecule has 124 valence electrons. The average molecular weight is 336 g/mol. The fourth-order valence-corrected chi connectivity index (χ4v) is 2.65. The summed E-state index contributed by atoms with van der Waals surface area (Å²) < 4.78 is 0. The summed E-state index contributed by atoms with van der Waals surface area (Å²) >= 11 is 0. The minimum Gasteiger partial charge on any atom is -0.265 e. The summed E-state index contributed by atoms with van der Waals surface area (Å²) in [7, 11) is 0. The van der Waals surface area contributed by atoms with Crippen LogP contribution in [0.15, 0.2) is 108 Å². The predicted molar refractivity (Wildman–Crippen MR) is 104 cm³/mol. The van der Waals surface area contributed by atoms with Crippen molar-refractivity contribution < 1.29 is 0 Å². The highest BCUT2D eigenvalue weighted by atomic mass is 15.1. The summed E-state index contributed by atoms with van der Waals surface area (Å²) in [6.45, 7) is 0. The molecule has 4 aromatic rings. The van der Waals surface area contributed by atoms with E-state index in [1.807, 2.05) is 72.8 Å². The summed E-state index contributed by atoms with van der Waals surface area (Å²) in [4.78, 5) is 8.08. The van der Waals surface area contributed by atoms with Crippen LogP contribution >= 0.6 is 0 Å². The van der Waals surface area contributed by atoms with Gasteiger partial charge >= 0.3 is 0 Å². The van der Waals surface area contributed by atoms with Gasteiger partial charge in [-0.05, 0) is 70.8 Å². The van der Waals surface area contributed by atoms with Crippen LogP contribution in [0.3, 0.4) is 0 Å². The Morgan fingerprint density at radius 3 is 1.04 bits per heavy atom. The van der Waals surface area contributed by atoms with Crippen LogP contribution in [0.25, 0.3) is 22.3 Å². The molecule has 0 aliphatic rings. The molecule has 0 saturated heterocycles. The number of hydrogen-bond donors (Lipinski definition) is 0. The predicted octanol–water partition coefficient (Wildman–Crippen LogP) is 6.23. The average Bonchev–Trinajstić information content (AvgIpc) is 2.74. The molecule has 0 fully saturated rings. The van der Waals surface area contributed by atoms with Crippen LogP contribution in [-0.2, 0) is 0 Å².